The molecule has 1 N–H and O–H groups in total. The maximum atomic E-state index is 10.8. The molecule has 0 radical (unpaired) electrons. The van der Waals surface area contributed by atoms with Crippen LogP contribution in [-0.2, 0) is 5.60 Å². The van der Waals surface area contributed by atoms with Crippen LogP contribution in [0.15, 0.2) is 28.7 Å². The Balaban J connectivity index is 2.21. The van der Waals surface area contributed by atoms with Crippen LogP contribution < -0.4 is 0 Å². The molecule has 0 spiro atoms. The molecule has 0 aromatic heterocycles. The summed E-state index contributed by atoms with van der Waals surface area (Å²) in [6.45, 7) is 4.27. The van der Waals surface area contributed by atoms with Gasteiger partial charge in [0.15, 0.2) is 0 Å². The number of rotatable bonds is 2. The molecule has 1 aliphatic carbocycles. The molecule has 0 bridgehead atoms. The van der Waals surface area contributed by atoms with Crippen LogP contribution in [0.3, 0.4) is 0 Å². The van der Waals surface area contributed by atoms with Gasteiger partial charge in [-0.3, -0.25) is 0 Å². The minimum absolute atomic E-state index is 0.386. The van der Waals surface area contributed by atoms with Crippen LogP contribution in [0.4, 0.5) is 0 Å². The van der Waals surface area contributed by atoms with E-state index in [9.17, 15) is 5.11 Å². The van der Waals surface area contributed by atoms with E-state index in [2.05, 4.69) is 22.9 Å². The van der Waals surface area contributed by atoms with Crippen LogP contribution in [0, 0.1) is 11.8 Å². The first kappa shape index (κ1) is 13.1. The predicted molar refractivity (Wildman–Crippen MR) is 74.8 cm³/mol. The van der Waals surface area contributed by atoms with Crippen LogP contribution in [0.2, 0.25) is 0 Å². The second kappa shape index (κ2) is 5.11. The number of benzene rings is 1. The van der Waals surface area contributed by atoms with Crippen molar-refractivity contribution in [3.8, 4) is 0 Å². The van der Waals surface area contributed by atoms with Gasteiger partial charge in [-0.2, -0.15) is 0 Å². The summed E-state index contributed by atoms with van der Waals surface area (Å²) in [5.74, 6) is 1.21. The summed E-state index contributed by atoms with van der Waals surface area (Å²) in [6.07, 6.45) is 4.75. The van der Waals surface area contributed by atoms with E-state index in [4.69, 9.17) is 0 Å². The Bertz CT molecular complexity index is 378. The number of halogens is 1. The second-order valence-electron chi connectivity index (χ2n) is 5.58. The minimum atomic E-state index is -0.708. The van der Waals surface area contributed by atoms with E-state index in [1.54, 1.807) is 0 Å². The van der Waals surface area contributed by atoms with Crippen molar-refractivity contribution in [2.75, 3.05) is 0 Å². The number of aliphatic hydroxyl groups is 1. The van der Waals surface area contributed by atoms with Gasteiger partial charge in [0.1, 0.15) is 0 Å². The van der Waals surface area contributed by atoms with Gasteiger partial charge in [-0.15, -0.1) is 0 Å². The van der Waals surface area contributed by atoms with Crippen molar-refractivity contribution in [3.05, 3.63) is 34.3 Å². The first-order chi connectivity index (χ1) is 8.01. The quantitative estimate of drug-likeness (QED) is 0.853. The Hall–Kier alpha value is -0.340. The van der Waals surface area contributed by atoms with Crippen molar-refractivity contribution < 1.29 is 5.11 Å². The molecule has 1 fully saturated rings. The molecule has 94 valence electrons. The van der Waals surface area contributed by atoms with Gasteiger partial charge in [0.05, 0.1) is 5.60 Å². The van der Waals surface area contributed by atoms with Gasteiger partial charge >= 0.3 is 0 Å². The predicted octanol–water partition coefficient (Wildman–Crippen LogP) is 4.48. The molecule has 1 aromatic rings. The summed E-state index contributed by atoms with van der Waals surface area (Å²) in [7, 11) is 0. The van der Waals surface area contributed by atoms with Gasteiger partial charge in [-0.1, -0.05) is 53.9 Å². The lowest BCUT2D eigenvalue weighted by molar-refractivity contribution is -0.0270. The number of hydrogen-bond donors (Lipinski definition) is 1. The topological polar surface area (TPSA) is 20.2 Å². The zero-order valence-electron chi connectivity index (χ0n) is 10.6. The SMILES string of the molecule is CC1CCC(C(C)(O)c2ccccc2Br)CC1. The van der Waals surface area contributed by atoms with E-state index in [0.717, 1.165) is 28.8 Å². The maximum Gasteiger partial charge on any atom is 0.0907 e. The molecule has 1 nitrogen and oxygen atoms in total. The van der Waals surface area contributed by atoms with Crippen molar-refractivity contribution >= 4 is 15.9 Å². The lowest BCUT2D eigenvalue weighted by Crippen LogP contribution is -2.34. The summed E-state index contributed by atoms with van der Waals surface area (Å²) in [6, 6.07) is 8.03. The van der Waals surface area contributed by atoms with Gasteiger partial charge < -0.3 is 5.11 Å². The van der Waals surface area contributed by atoms with E-state index >= 15 is 0 Å². The Labute approximate surface area is 112 Å². The van der Waals surface area contributed by atoms with Gasteiger partial charge in [-0.25, -0.2) is 0 Å². The molecule has 1 aliphatic rings. The van der Waals surface area contributed by atoms with E-state index in [1.165, 1.54) is 12.8 Å². The largest absolute Gasteiger partial charge is 0.385 e. The van der Waals surface area contributed by atoms with Crippen molar-refractivity contribution in [2.45, 2.75) is 45.1 Å². The zero-order chi connectivity index (χ0) is 12.5. The minimum Gasteiger partial charge on any atom is -0.385 e. The molecule has 2 heteroatoms. The van der Waals surface area contributed by atoms with Crippen molar-refractivity contribution in [1.82, 2.24) is 0 Å². The van der Waals surface area contributed by atoms with Gasteiger partial charge in [-0.05, 0) is 43.2 Å². The molecule has 1 aromatic carbocycles. The Morgan fingerprint density at radius 3 is 2.35 bits per heavy atom. The average Bonchev–Trinajstić information content (AvgIpc) is 2.30. The summed E-state index contributed by atoms with van der Waals surface area (Å²) >= 11 is 3.55. The summed E-state index contributed by atoms with van der Waals surface area (Å²) < 4.78 is 1.02. The van der Waals surface area contributed by atoms with Crippen LogP contribution >= 0.6 is 15.9 Å². The van der Waals surface area contributed by atoms with Crippen molar-refractivity contribution in [3.63, 3.8) is 0 Å². The smallest absolute Gasteiger partial charge is 0.0907 e. The third kappa shape index (κ3) is 2.74. The normalized spacial score (nSPS) is 28.7. The Kier molecular flexibility index (Phi) is 3.94. The van der Waals surface area contributed by atoms with Crippen molar-refractivity contribution in [2.24, 2.45) is 11.8 Å². The zero-order valence-corrected chi connectivity index (χ0v) is 12.2. The van der Waals surface area contributed by atoms with Crippen LogP contribution in [0.25, 0.3) is 0 Å². The molecule has 17 heavy (non-hydrogen) atoms. The molecule has 2 rings (SSSR count). The first-order valence-electron chi connectivity index (χ1n) is 6.49. The molecule has 1 unspecified atom stereocenters. The fourth-order valence-electron chi connectivity index (χ4n) is 2.91. The van der Waals surface area contributed by atoms with E-state index in [1.807, 2.05) is 31.2 Å². The van der Waals surface area contributed by atoms with Gasteiger partial charge in [0.2, 0.25) is 0 Å². The van der Waals surface area contributed by atoms with Gasteiger partial charge in [0.25, 0.3) is 0 Å². The highest BCUT2D eigenvalue weighted by atomic mass is 79.9. The third-order valence-corrected chi connectivity index (χ3v) is 4.92. The van der Waals surface area contributed by atoms with Crippen LogP contribution in [0.1, 0.15) is 45.1 Å². The fourth-order valence-corrected chi connectivity index (χ4v) is 3.60. The lowest BCUT2D eigenvalue weighted by atomic mass is 9.72. The van der Waals surface area contributed by atoms with Crippen molar-refractivity contribution in [1.29, 1.82) is 0 Å². The lowest BCUT2D eigenvalue weighted by Gasteiger charge is -2.38. The standard InChI is InChI=1S/C15H21BrO/c1-11-7-9-12(10-8-11)15(2,17)13-5-3-4-6-14(13)16/h3-6,11-12,17H,7-10H2,1-2H3. The van der Waals surface area contributed by atoms with Crippen LogP contribution in [0.5, 0.6) is 0 Å². The maximum absolute atomic E-state index is 10.8. The van der Waals surface area contributed by atoms with E-state index in [0.29, 0.717) is 5.92 Å². The highest BCUT2D eigenvalue weighted by molar-refractivity contribution is 9.10. The fraction of sp³-hybridized carbons (Fsp3) is 0.600. The molecular formula is C15H21BrO. The summed E-state index contributed by atoms with van der Waals surface area (Å²) in [5, 5.41) is 10.8. The summed E-state index contributed by atoms with van der Waals surface area (Å²) in [4.78, 5) is 0. The number of hydrogen-bond acceptors (Lipinski definition) is 1. The molecule has 1 atom stereocenters. The van der Waals surface area contributed by atoms with E-state index in [-0.39, 0.29) is 0 Å². The highest BCUT2D eigenvalue weighted by Gasteiger charge is 2.36. The molecular weight excluding hydrogens is 276 g/mol. The molecule has 0 saturated heterocycles. The highest BCUT2D eigenvalue weighted by Crippen LogP contribution is 2.42. The van der Waals surface area contributed by atoms with Crippen LogP contribution in [-0.4, -0.2) is 5.11 Å². The second-order valence-corrected chi connectivity index (χ2v) is 6.44. The first-order valence-corrected chi connectivity index (χ1v) is 7.28. The van der Waals surface area contributed by atoms with E-state index < -0.39 is 5.60 Å². The summed E-state index contributed by atoms with van der Waals surface area (Å²) in [5.41, 5.74) is 0.319. The average molecular weight is 297 g/mol. The monoisotopic (exact) mass is 296 g/mol. The molecule has 0 amide bonds. The Morgan fingerprint density at radius 1 is 1.18 bits per heavy atom. The molecule has 1 saturated carbocycles. The molecule has 0 aliphatic heterocycles. The van der Waals surface area contributed by atoms with Gasteiger partial charge in [0, 0.05) is 4.47 Å². The molecule has 0 heterocycles. The third-order valence-electron chi connectivity index (χ3n) is 4.23. The Morgan fingerprint density at radius 2 is 1.76 bits per heavy atom.